The van der Waals surface area contributed by atoms with Gasteiger partial charge in [0.25, 0.3) is 5.91 Å². The third kappa shape index (κ3) is 4.54. The van der Waals surface area contributed by atoms with Crippen molar-refractivity contribution in [3.8, 4) is 5.75 Å². The molecule has 0 saturated heterocycles. The second kappa shape index (κ2) is 7.78. The highest BCUT2D eigenvalue weighted by Crippen LogP contribution is 2.31. The first-order valence-corrected chi connectivity index (χ1v) is 10.7. The lowest BCUT2D eigenvalue weighted by atomic mass is 10.1. The van der Waals surface area contributed by atoms with Crippen molar-refractivity contribution in [3.63, 3.8) is 0 Å². The summed E-state index contributed by atoms with van der Waals surface area (Å²) in [5.41, 5.74) is 2.06. The number of carbonyl (C=O) groups is 1. The Kier molecular flexibility index (Phi) is 5.62. The monoisotopic (exact) mass is 408 g/mol. The molecule has 2 aromatic rings. The highest BCUT2D eigenvalue weighted by molar-refractivity contribution is 7.92. The Hall–Kier alpha value is -2.25. The van der Waals surface area contributed by atoms with Crippen molar-refractivity contribution in [2.45, 2.75) is 6.42 Å². The van der Waals surface area contributed by atoms with E-state index in [4.69, 9.17) is 16.3 Å². The maximum Gasteiger partial charge on any atom is 0.253 e. The minimum absolute atomic E-state index is 0.134. The Labute approximate surface area is 164 Å². The third-order valence-electron chi connectivity index (χ3n) is 4.42. The number of fused-ring (bicyclic) bond motifs is 1. The fraction of sp³-hybridized carbons (Fsp3) is 0.316. The van der Waals surface area contributed by atoms with Crippen molar-refractivity contribution >= 4 is 33.2 Å². The molecule has 0 N–H and O–H groups in total. The van der Waals surface area contributed by atoms with Gasteiger partial charge in [0, 0.05) is 24.2 Å². The van der Waals surface area contributed by atoms with Crippen LogP contribution in [-0.2, 0) is 16.4 Å². The lowest BCUT2D eigenvalue weighted by Crippen LogP contribution is -2.31. The maximum atomic E-state index is 12.6. The Morgan fingerprint density at radius 3 is 2.74 bits per heavy atom. The number of amides is 1. The van der Waals surface area contributed by atoms with Crippen LogP contribution in [0.1, 0.15) is 15.9 Å². The van der Waals surface area contributed by atoms with E-state index in [0.29, 0.717) is 48.1 Å². The van der Waals surface area contributed by atoms with Crippen molar-refractivity contribution in [1.82, 2.24) is 4.90 Å². The number of carbonyl (C=O) groups excluding carboxylic acids is 1. The molecule has 0 fully saturated rings. The summed E-state index contributed by atoms with van der Waals surface area (Å²) < 4.78 is 30.6. The molecule has 144 valence electrons. The van der Waals surface area contributed by atoms with Gasteiger partial charge in [0.15, 0.2) is 0 Å². The molecule has 2 aromatic carbocycles. The number of sulfonamides is 1. The van der Waals surface area contributed by atoms with E-state index in [0.717, 1.165) is 5.56 Å². The summed E-state index contributed by atoms with van der Waals surface area (Å²) in [5, 5.41) is 0.596. The molecule has 0 unspecified atom stereocenters. The molecule has 27 heavy (non-hydrogen) atoms. The van der Waals surface area contributed by atoms with Crippen LogP contribution in [0.3, 0.4) is 0 Å². The molecule has 0 spiro atoms. The quantitative estimate of drug-likeness (QED) is 0.737. The van der Waals surface area contributed by atoms with E-state index in [9.17, 15) is 13.2 Å². The fourth-order valence-corrected chi connectivity index (χ4v) is 4.17. The molecule has 8 heteroatoms. The van der Waals surface area contributed by atoms with Crippen LogP contribution < -0.4 is 9.04 Å². The summed E-state index contributed by atoms with van der Waals surface area (Å²) in [6.45, 7) is 1.17. The number of rotatable bonds is 6. The van der Waals surface area contributed by atoms with Crippen molar-refractivity contribution in [2.75, 3.05) is 37.3 Å². The van der Waals surface area contributed by atoms with Gasteiger partial charge in [0.05, 0.1) is 18.5 Å². The molecule has 6 nitrogen and oxygen atoms in total. The van der Waals surface area contributed by atoms with Crippen LogP contribution in [-0.4, -0.2) is 52.2 Å². The van der Waals surface area contributed by atoms with Gasteiger partial charge in [-0.3, -0.25) is 9.10 Å². The smallest absolute Gasteiger partial charge is 0.253 e. The summed E-state index contributed by atoms with van der Waals surface area (Å²) in [5.74, 6) is 0.520. The van der Waals surface area contributed by atoms with E-state index in [1.54, 1.807) is 48.3 Å². The first-order valence-electron chi connectivity index (χ1n) is 8.50. The Bertz CT molecular complexity index is 962. The summed E-state index contributed by atoms with van der Waals surface area (Å²) in [7, 11) is -1.59. The minimum Gasteiger partial charge on any atom is -0.492 e. The van der Waals surface area contributed by atoms with Crippen LogP contribution in [0.15, 0.2) is 42.5 Å². The number of anilines is 1. The van der Waals surface area contributed by atoms with Crippen LogP contribution >= 0.6 is 11.6 Å². The minimum atomic E-state index is -3.29. The van der Waals surface area contributed by atoms with Gasteiger partial charge in [0.2, 0.25) is 10.0 Å². The van der Waals surface area contributed by atoms with E-state index < -0.39 is 10.0 Å². The normalized spacial score (nSPS) is 13.4. The Morgan fingerprint density at radius 1 is 1.26 bits per heavy atom. The van der Waals surface area contributed by atoms with E-state index in [1.807, 2.05) is 6.07 Å². The lowest BCUT2D eigenvalue weighted by molar-refractivity contribution is 0.0773. The number of benzene rings is 2. The van der Waals surface area contributed by atoms with Gasteiger partial charge < -0.3 is 9.64 Å². The van der Waals surface area contributed by atoms with Crippen molar-refractivity contribution in [2.24, 2.45) is 0 Å². The zero-order valence-electron chi connectivity index (χ0n) is 15.2. The molecule has 0 aromatic heterocycles. The van der Waals surface area contributed by atoms with Crippen LogP contribution in [0.4, 0.5) is 5.69 Å². The largest absolute Gasteiger partial charge is 0.492 e. The SMILES string of the molecule is CN(CCOc1cccc(Cl)c1)C(=O)c1ccc2c(c1)CCN2S(C)(=O)=O. The molecule has 1 amide bonds. The fourth-order valence-electron chi connectivity index (χ4n) is 3.03. The number of nitrogens with zero attached hydrogens (tertiary/aromatic N) is 2. The standard InChI is InChI=1S/C19H21ClN2O4S/c1-21(10-11-26-17-5-3-4-16(20)13-17)19(23)15-6-7-18-14(12-15)8-9-22(18)27(2,24)25/h3-7,12-13H,8-11H2,1-2H3. The van der Waals surface area contributed by atoms with Gasteiger partial charge in [-0.05, 0) is 48.4 Å². The van der Waals surface area contributed by atoms with E-state index in [-0.39, 0.29) is 5.91 Å². The van der Waals surface area contributed by atoms with Crippen molar-refractivity contribution in [1.29, 1.82) is 0 Å². The summed E-state index contributed by atoms with van der Waals surface area (Å²) in [6.07, 6.45) is 1.79. The van der Waals surface area contributed by atoms with Gasteiger partial charge in [-0.2, -0.15) is 0 Å². The van der Waals surface area contributed by atoms with E-state index in [1.165, 1.54) is 10.6 Å². The molecule has 0 aliphatic carbocycles. The van der Waals surface area contributed by atoms with Gasteiger partial charge in [-0.15, -0.1) is 0 Å². The van der Waals surface area contributed by atoms with Gasteiger partial charge in [-0.25, -0.2) is 8.42 Å². The second-order valence-electron chi connectivity index (χ2n) is 6.46. The predicted molar refractivity (Wildman–Crippen MR) is 106 cm³/mol. The maximum absolute atomic E-state index is 12.6. The van der Waals surface area contributed by atoms with Gasteiger partial charge >= 0.3 is 0 Å². The number of halogens is 1. The van der Waals surface area contributed by atoms with E-state index >= 15 is 0 Å². The molecule has 0 bridgehead atoms. The van der Waals surface area contributed by atoms with Crippen LogP contribution in [0.5, 0.6) is 5.75 Å². The molecular formula is C19H21ClN2O4S. The number of ether oxygens (including phenoxy) is 1. The highest BCUT2D eigenvalue weighted by atomic mass is 35.5. The molecule has 1 heterocycles. The Balaban J connectivity index is 1.62. The Morgan fingerprint density at radius 2 is 2.04 bits per heavy atom. The number of likely N-dealkylation sites (N-methyl/N-ethyl adjacent to an activating group) is 1. The highest BCUT2D eigenvalue weighted by Gasteiger charge is 2.27. The zero-order chi connectivity index (χ0) is 19.6. The molecule has 3 rings (SSSR count). The first-order chi connectivity index (χ1) is 12.8. The lowest BCUT2D eigenvalue weighted by Gasteiger charge is -2.19. The average Bonchev–Trinajstić information content (AvgIpc) is 3.04. The van der Waals surface area contributed by atoms with Crippen LogP contribution in [0, 0.1) is 0 Å². The van der Waals surface area contributed by atoms with Crippen LogP contribution in [0.2, 0.25) is 5.02 Å². The van der Waals surface area contributed by atoms with E-state index in [2.05, 4.69) is 0 Å². The molecule has 1 aliphatic rings. The van der Waals surface area contributed by atoms with Crippen molar-refractivity contribution < 1.29 is 17.9 Å². The topological polar surface area (TPSA) is 66.9 Å². The second-order valence-corrected chi connectivity index (χ2v) is 8.80. The summed E-state index contributed by atoms with van der Waals surface area (Å²) >= 11 is 5.92. The third-order valence-corrected chi connectivity index (χ3v) is 5.83. The van der Waals surface area contributed by atoms with Crippen LogP contribution in [0.25, 0.3) is 0 Å². The first kappa shape index (κ1) is 19.5. The summed E-state index contributed by atoms with van der Waals surface area (Å²) in [6, 6.07) is 12.2. The predicted octanol–water partition coefficient (Wildman–Crippen LogP) is 2.81. The zero-order valence-corrected chi connectivity index (χ0v) is 16.8. The molecular weight excluding hydrogens is 388 g/mol. The van der Waals surface area contributed by atoms with Crippen molar-refractivity contribution in [3.05, 3.63) is 58.6 Å². The van der Waals surface area contributed by atoms with Gasteiger partial charge in [0.1, 0.15) is 12.4 Å². The molecule has 0 saturated carbocycles. The number of hydrogen-bond acceptors (Lipinski definition) is 4. The molecule has 1 aliphatic heterocycles. The molecule has 0 atom stereocenters. The number of hydrogen-bond donors (Lipinski definition) is 0. The average molecular weight is 409 g/mol. The van der Waals surface area contributed by atoms with Gasteiger partial charge in [-0.1, -0.05) is 17.7 Å². The molecule has 0 radical (unpaired) electrons. The summed E-state index contributed by atoms with van der Waals surface area (Å²) in [4.78, 5) is 14.2.